The van der Waals surface area contributed by atoms with Gasteiger partial charge in [0.2, 0.25) is 0 Å². The van der Waals surface area contributed by atoms with Crippen LogP contribution in [0.15, 0.2) is 53.2 Å². The first-order valence-electron chi connectivity index (χ1n) is 10.4. The molecule has 3 heterocycles. The number of pyridine rings is 1. The van der Waals surface area contributed by atoms with Gasteiger partial charge in [0.15, 0.2) is 0 Å². The van der Waals surface area contributed by atoms with E-state index in [0.717, 1.165) is 47.8 Å². The Bertz CT molecular complexity index is 1260. The van der Waals surface area contributed by atoms with Gasteiger partial charge in [0, 0.05) is 27.6 Å². The first kappa shape index (κ1) is 20.2. The summed E-state index contributed by atoms with van der Waals surface area (Å²) in [7, 11) is 2.12. The molecular formula is C24H23ClN4OS. The van der Waals surface area contributed by atoms with E-state index in [1.54, 1.807) is 11.3 Å². The summed E-state index contributed by atoms with van der Waals surface area (Å²) in [5, 5.41) is 14.5. The number of nitrogens with zero attached hydrogens (tertiary/aromatic N) is 2. The minimum atomic E-state index is -0.0640. The minimum absolute atomic E-state index is 0.0640. The summed E-state index contributed by atoms with van der Waals surface area (Å²) in [4.78, 5) is 20.4. The molecule has 0 unspecified atom stereocenters. The number of carbonyl (C=O) groups is 1. The van der Waals surface area contributed by atoms with Crippen molar-refractivity contribution < 1.29 is 4.79 Å². The lowest BCUT2D eigenvalue weighted by atomic mass is 10.0. The molecule has 0 saturated carbocycles. The van der Waals surface area contributed by atoms with Gasteiger partial charge >= 0.3 is 0 Å². The summed E-state index contributed by atoms with van der Waals surface area (Å²) in [5.41, 5.74) is 2.09. The van der Waals surface area contributed by atoms with Crippen LogP contribution in [0.25, 0.3) is 21.7 Å². The van der Waals surface area contributed by atoms with Crippen LogP contribution in [0.5, 0.6) is 0 Å². The average molecular weight is 451 g/mol. The maximum atomic E-state index is 13.2. The van der Waals surface area contributed by atoms with Gasteiger partial charge in [-0.15, -0.1) is 0 Å². The van der Waals surface area contributed by atoms with Crippen LogP contribution in [0.1, 0.15) is 23.2 Å². The van der Waals surface area contributed by atoms with Crippen molar-refractivity contribution in [3.05, 3.63) is 63.8 Å². The van der Waals surface area contributed by atoms with Crippen LogP contribution < -0.4 is 10.6 Å². The highest BCUT2D eigenvalue weighted by Crippen LogP contribution is 2.36. The molecule has 158 valence electrons. The number of rotatable bonds is 4. The number of anilines is 2. The predicted octanol–water partition coefficient (Wildman–Crippen LogP) is 5.67. The highest BCUT2D eigenvalue weighted by atomic mass is 35.5. The van der Waals surface area contributed by atoms with Gasteiger partial charge in [-0.1, -0.05) is 35.9 Å². The van der Waals surface area contributed by atoms with Crippen LogP contribution in [0.3, 0.4) is 0 Å². The van der Waals surface area contributed by atoms with Crippen LogP contribution in [0.2, 0.25) is 5.02 Å². The van der Waals surface area contributed by atoms with Gasteiger partial charge in [-0.25, -0.2) is 4.98 Å². The molecule has 4 aromatic rings. The molecule has 0 bridgehead atoms. The lowest BCUT2D eigenvalue weighted by Crippen LogP contribution is -2.43. The molecule has 0 spiro atoms. The normalized spacial score (nSPS) is 15.4. The first-order chi connectivity index (χ1) is 15.1. The summed E-state index contributed by atoms with van der Waals surface area (Å²) in [6.07, 6.45) is 1.93. The quantitative estimate of drug-likeness (QED) is 0.420. The smallest absolute Gasteiger partial charge is 0.253 e. The Balaban J connectivity index is 1.55. The molecule has 1 aliphatic rings. The number of aromatic nitrogens is 1. The van der Waals surface area contributed by atoms with Crippen molar-refractivity contribution in [2.24, 2.45) is 0 Å². The van der Waals surface area contributed by atoms with Crippen molar-refractivity contribution in [3.63, 3.8) is 0 Å². The zero-order valence-electron chi connectivity index (χ0n) is 17.2. The molecule has 31 heavy (non-hydrogen) atoms. The molecule has 0 radical (unpaired) electrons. The number of thiophene rings is 1. The summed E-state index contributed by atoms with van der Waals surface area (Å²) in [6, 6.07) is 13.6. The third-order valence-electron chi connectivity index (χ3n) is 5.89. The Labute approximate surface area is 190 Å². The van der Waals surface area contributed by atoms with Gasteiger partial charge in [0.25, 0.3) is 5.91 Å². The van der Waals surface area contributed by atoms with Crippen LogP contribution in [0, 0.1) is 0 Å². The number of halogens is 1. The number of hydrogen-bond acceptors (Lipinski definition) is 5. The van der Waals surface area contributed by atoms with E-state index in [4.69, 9.17) is 16.6 Å². The zero-order chi connectivity index (χ0) is 21.4. The lowest BCUT2D eigenvalue weighted by Gasteiger charge is -2.29. The highest BCUT2D eigenvalue weighted by molar-refractivity contribution is 7.09. The standard InChI is InChI=1S/C24H23ClN4OS/c1-29-11-9-15(10-12-29)26-24(30)17-6-4-5-16-18-13-31-14-19(18)23(28-22(16)17)27-21-8-3-2-7-20(21)25/h2-8,13-15H,9-12H2,1H3,(H,26,30)(H,27,28). The van der Waals surface area contributed by atoms with Crippen molar-refractivity contribution in [1.82, 2.24) is 15.2 Å². The van der Waals surface area contributed by atoms with Crippen LogP contribution in [-0.4, -0.2) is 42.0 Å². The maximum Gasteiger partial charge on any atom is 0.253 e. The summed E-state index contributed by atoms with van der Waals surface area (Å²) in [6.45, 7) is 2.00. The van der Waals surface area contributed by atoms with Crippen molar-refractivity contribution in [1.29, 1.82) is 0 Å². The van der Waals surface area contributed by atoms with E-state index in [-0.39, 0.29) is 11.9 Å². The number of nitrogens with one attached hydrogen (secondary N) is 2. The molecule has 1 saturated heterocycles. The molecule has 7 heteroatoms. The zero-order valence-corrected chi connectivity index (χ0v) is 18.8. The summed E-state index contributed by atoms with van der Waals surface area (Å²) >= 11 is 7.98. The monoisotopic (exact) mass is 450 g/mol. The van der Waals surface area contributed by atoms with E-state index >= 15 is 0 Å². The van der Waals surface area contributed by atoms with E-state index in [0.29, 0.717) is 21.9 Å². The average Bonchev–Trinajstić information content (AvgIpc) is 3.27. The van der Waals surface area contributed by atoms with Crippen LogP contribution >= 0.6 is 22.9 Å². The molecule has 0 atom stereocenters. The molecule has 2 N–H and O–H groups in total. The molecule has 1 fully saturated rings. The van der Waals surface area contributed by atoms with Crippen LogP contribution in [0.4, 0.5) is 11.5 Å². The third-order valence-corrected chi connectivity index (χ3v) is 6.97. The van der Waals surface area contributed by atoms with Crippen molar-refractivity contribution in [2.75, 3.05) is 25.5 Å². The van der Waals surface area contributed by atoms with Gasteiger partial charge in [-0.2, -0.15) is 11.3 Å². The molecule has 0 aliphatic carbocycles. The Morgan fingerprint density at radius 1 is 1.06 bits per heavy atom. The first-order valence-corrected chi connectivity index (χ1v) is 11.7. The van der Waals surface area contributed by atoms with Gasteiger partial charge < -0.3 is 15.5 Å². The largest absolute Gasteiger partial charge is 0.349 e. The number of carbonyl (C=O) groups excluding carboxylic acids is 1. The van der Waals surface area contributed by atoms with Crippen LogP contribution in [-0.2, 0) is 0 Å². The van der Waals surface area contributed by atoms with Crippen molar-refractivity contribution >= 4 is 62.0 Å². The molecule has 1 amide bonds. The summed E-state index contributed by atoms with van der Waals surface area (Å²) < 4.78 is 0. The van der Waals surface area contributed by atoms with E-state index < -0.39 is 0 Å². The number of benzene rings is 2. The SMILES string of the molecule is CN1CCC(NC(=O)c2cccc3c2nc(Nc2ccccc2Cl)c2cscc23)CC1. The third kappa shape index (κ3) is 3.99. The predicted molar refractivity (Wildman–Crippen MR) is 130 cm³/mol. The van der Waals surface area contributed by atoms with Gasteiger partial charge in [0.05, 0.1) is 21.8 Å². The number of para-hydroxylation sites is 2. The highest BCUT2D eigenvalue weighted by Gasteiger charge is 2.21. The number of hydrogen-bond donors (Lipinski definition) is 2. The molecular weight excluding hydrogens is 428 g/mol. The Morgan fingerprint density at radius 3 is 2.65 bits per heavy atom. The molecule has 2 aromatic carbocycles. The second-order valence-electron chi connectivity index (χ2n) is 8.02. The maximum absolute atomic E-state index is 13.2. The molecule has 2 aromatic heterocycles. The van der Waals surface area contributed by atoms with Gasteiger partial charge in [-0.05, 0) is 56.6 Å². The Hall–Kier alpha value is -2.67. The number of fused-ring (bicyclic) bond motifs is 3. The molecule has 5 nitrogen and oxygen atoms in total. The Kier molecular flexibility index (Phi) is 5.52. The van der Waals surface area contributed by atoms with Gasteiger partial charge in [0.1, 0.15) is 5.82 Å². The Morgan fingerprint density at radius 2 is 1.84 bits per heavy atom. The number of amides is 1. The minimum Gasteiger partial charge on any atom is -0.349 e. The summed E-state index contributed by atoms with van der Waals surface area (Å²) in [5.74, 6) is 0.641. The van der Waals surface area contributed by atoms with Crippen molar-refractivity contribution in [3.8, 4) is 0 Å². The number of piperidine rings is 1. The lowest BCUT2D eigenvalue weighted by molar-refractivity contribution is 0.0918. The van der Waals surface area contributed by atoms with E-state index in [1.165, 1.54) is 0 Å². The van der Waals surface area contributed by atoms with Gasteiger partial charge in [-0.3, -0.25) is 4.79 Å². The molecule has 5 rings (SSSR count). The second kappa shape index (κ2) is 8.46. The second-order valence-corrected chi connectivity index (χ2v) is 9.17. The van der Waals surface area contributed by atoms with E-state index in [2.05, 4.69) is 33.3 Å². The van der Waals surface area contributed by atoms with E-state index in [9.17, 15) is 4.79 Å². The fraction of sp³-hybridized carbons (Fsp3) is 0.250. The van der Waals surface area contributed by atoms with Crippen molar-refractivity contribution in [2.45, 2.75) is 18.9 Å². The fourth-order valence-corrected chi connectivity index (χ4v) is 5.14. The fourth-order valence-electron chi connectivity index (χ4n) is 4.13. The number of likely N-dealkylation sites (tertiary alicyclic amines) is 1. The molecule has 1 aliphatic heterocycles. The topological polar surface area (TPSA) is 57.3 Å². The van der Waals surface area contributed by atoms with E-state index in [1.807, 2.05) is 42.5 Å².